The Morgan fingerprint density at radius 3 is 2.79 bits per heavy atom. The monoisotopic (exact) mass is 269 g/mol. The second kappa shape index (κ2) is 7.22. The van der Waals surface area contributed by atoms with E-state index >= 15 is 0 Å². The van der Waals surface area contributed by atoms with Gasteiger partial charge >= 0.3 is 0 Å². The molecule has 5 heteroatoms. The number of amides is 1. The molecule has 2 fully saturated rings. The Labute approximate surface area is 116 Å². The fraction of sp³-hybridized carbons (Fsp3) is 0.929. The van der Waals surface area contributed by atoms with Gasteiger partial charge in [0.25, 0.3) is 0 Å². The van der Waals surface area contributed by atoms with E-state index in [1.807, 2.05) is 11.9 Å². The van der Waals surface area contributed by atoms with Crippen LogP contribution in [-0.4, -0.2) is 74.7 Å². The van der Waals surface area contributed by atoms with Crippen molar-refractivity contribution in [3.8, 4) is 0 Å². The van der Waals surface area contributed by atoms with Crippen LogP contribution in [0.3, 0.4) is 0 Å². The quantitative estimate of drug-likeness (QED) is 0.790. The van der Waals surface area contributed by atoms with Crippen molar-refractivity contribution >= 4 is 5.91 Å². The largest absolute Gasteiger partial charge is 0.378 e. The number of hydrogen-bond donors (Lipinski definition) is 1. The third kappa shape index (κ3) is 3.91. The van der Waals surface area contributed by atoms with Gasteiger partial charge in [0.05, 0.1) is 19.3 Å². The van der Waals surface area contributed by atoms with Crippen molar-refractivity contribution in [3.05, 3.63) is 0 Å². The van der Waals surface area contributed by atoms with Crippen LogP contribution in [0.2, 0.25) is 0 Å². The van der Waals surface area contributed by atoms with Crippen molar-refractivity contribution in [2.75, 3.05) is 53.0 Å². The highest BCUT2D eigenvalue weighted by molar-refractivity contribution is 5.81. The van der Waals surface area contributed by atoms with E-state index < -0.39 is 0 Å². The Bertz CT molecular complexity index is 290. The lowest BCUT2D eigenvalue weighted by atomic mass is 9.96. The predicted molar refractivity (Wildman–Crippen MR) is 75.1 cm³/mol. The van der Waals surface area contributed by atoms with E-state index in [9.17, 15) is 4.79 Å². The van der Waals surface area contributed by atoms with Gasteiger partial charge in [0.15, 0.2) is 0 Å². The lowest BCUT2D eigenvalue weighted by Gasteiger charge is -2.38. The van der Waals surface area contributed by atoms with Crippen LogP contribution in [0.5, 0.6) is 0 Å². The highest BCUT2D eigenvalue weighted by Crippen LogP contribution is 2.19. The summed E-state index contributed by atoms with van der Waals surface area (Å²) >= 11 is 0. The van der Waals surface area contributed by atoms with E-state index in [0.29, 0.717) is 19.1 Å². The minimum absolute atomic E-state index is 0.0118. The van der Waals surface area contributed by atoms with Crippen molar-refractivity contribution in [1.82, 2.24) is 15.1 Å². The molecule has 0 aliphatic carbocycles. The molecule has 1 N–H and O–H groups in total. The fourth-order valence-corrected chi connectivity index (χ4v) is 3.11. The molecule has 2 unspecified atom stereocenters. The van der Waals surface area contributed by atoms with Crippen LogP contribution in [0.25, 0.3) is 0 Å². The highest BCUT2D eigenvalue weighted by Gasteiger charge is 2.30. The molecule has 2 saturated heterocycles. The molecular formula is C14H27N3O2. The summed E-state index contributed by atoms with van der Waals surface area (Å²) in [5, 5.41) is 3.25. The molecule has 1 amide bonds. The van der Waals surface area contributed by atoms with Gasteiger partial charge in [-0.3, -0.25) is 9.69 Å². The van der Waals surface area contributed by atoms with Gasteiger partial charge in [-0.25, -0.2) is 0 Å². The molecule has 2 heterocycles. The molecule has 2 aliphatic heterocycles. The first kappa shape index (κ1) is 14.8. The maximum atomic E-state index is 12.5. The number of ether oxygens (including phenoxy) is 1. The van der Waals surface area contributed by atoms with Gasteiger partial charge in [-0.2, -0.15) is 0 Å². The van der Waals surface area contributed by atoms with Gasteiger partial charge in [-0.15, -0.1) is 0 Å². The van der Waals surface area contributed by atoms with Gasteiger partial charge < -0.3 is 15.0 Å². The number of nitrogens with zero attached hydrogens (tertiary/aromatic N) is 2. The topological polar surface area (TPSA) is 44.8 Å². The third-order valence-electron chi connectivity index (χ3n) is 4.27. The van der Waals surface area contributed by atoms with Crippen molar-refractivity contribution < 1.29 is 9.53 Å². The first-order chi connectivity index (χ1) is 9.22. The lowest BCUT2D eigenvalue weighted by molar-refractivity contribution is -0.141. The van der Waals surface area contributed by atoms with E-state index in [1.54, 1.807) is 0 Å². The van der Waals surface area contributed by atoms with Crippen LogP contribution in [0.4, 0.5) is 0 Å². The van der Waals surface area contributed by atoms with Gasteiger partial charge in [-0.1, -0.05) is 0 Å². The van der Waals surface area contributed by atoms with E-state index in [-0.39, 0.29) is 11.9 Å². The zero-order chi connectivity index (χ0) is 13.7. The molecule has 0 saturated carbocycles. The SMILES string of the molecule is CNCC1CCCN(C(C)C(=O)N2CCOCC2)C1. The smallest absolute Gasteiger partial charge is 0.239 e. The third-order valence-corrected chi connectivity index (χ3v) is 4.27. The van der Waals surface area contributed by atoms with Crippen LogP contribution >= 0.6 is 0 Å². The number of carbonyl (C=O) groups is 1. The highest BCUT2D eigenvalue weighted by atomic mass is 16.5. The maximum absolute atomic E-state index is 12.5. The number of carbonyl (C=O) groups excluding carboxylic acids is 1. The standard InChI is InChI=1S/C14H27N3O2/c1-12(14(18)16-6-8-19-9-7-16)17-5-3-4-13(11-17)10-15-2/h12-13,15H,3-11H2,1-2H3. The van der Waals surface area contributed by atoms with E-state index in [1.165, 1.54) is 12.8 Å². The minimum atomic E-state index is 0.0118. The Balaban J connectivity index is 1.86. The normalized spacial score (nSPS) is 27.3. The van der Waals surface area contributed by atoms with Crippen molar-refractivity contribution in [3.63, 3.8) is 0 Å². The number of morpholine rings is 1. The molecule has 2 rings (SSSR count). The Hall–Kier alpha value is -0.650. The summed E-state index contributed by atoms with van der Waals surface area (Å²) in [4.78, 5) is 16.8. The Morgan fingerprint density at radius 1 is 1.37 bits per heavy atom. The minimum Gasteiger partial charge on any atom is -0.378 e. The van der Waals surface area contributed by atoms with Crippen LogP contribution in [0.15, 0.2) is 0 Å². The maximum Gasteiger partial charge on any atom is 0.239 e. The van der Waals surface area contributed by atoms with E-state index in [4.69, 9.17) is 4.74 Å². The zero-order valence-corrected chi connectivity index (χ0v) is 12.2. The molecular weight excluding hydrogens is 242 g/mol. The summed E-state index contributed by atoms with van der Waals surface area (Å²) in [6.45, 7) is 8.06. The van der Waals surface area contributed by atoms with Crippen LogP contribution < -0.4 is 5.32 Å². The Kier molecular flexibility index (Phi) is 5.60. The summed E-state index contributed by atoms with van der Waals surface area (Å²) in [7, 11) is 2.00. The summed E-state index contributed by atoms with van der Waals surface area (Å²) < 4.78 is 5.31. The van der Waals surface area contributed by atoms with E-state index in [0.717, 1.165) is 32.7 Å². The summed E-state index contributed by atoms with van der Waals surface area (Å²) in [6, 6.07) is 0.0118. The first-order valence-corrected chi connectivity index (χ1v) is 7.47. The number of likely N-dealkylation sites (tertiary alicyclic amines) is 1. The van der Waals surface area contributed by atoms with Crippen LogP contribution in [0, 0.1) is 5.92 Å². The van der Waals surface area contributed by atoms with Gasteiger partial charge in [0.2, 0.25) is 5.91 Å². The molecule has 19 heavy (non-hydrogen) atoms. The number of hydrogen-bond acceptors (Lipinski definition) is 4. The lowest BCUT2D eigenvalue weighted by Crippen LogP contribution is -2.53. The summed E-state index contributed by atoms with van der Waals surface area (Å²) in [5.41, 5.74) is 0. The molecule has 0 aromatic heterocycles. The first-order valence-electron chi connectivity index (χ1n) is 7.47. The fourth-order valence-electron chi connectivity index (χ4n) is 3.11. The van der Waals surface area contributed by atoms with Gasteiger partial charge in [-0.05, 0) is 45.8 Å². The molecule has 2 aliphatic rings. The average molecular weight is 269 g/mol. The molecule has 0 spiro atoms. The van der Waals surface area contributed by atoms with Gasteiger partial charge in [0.1, 0.15) is 0 Å². The second-order valence-electron chi connectivity index (χ2n) is 5.67. The summed E-state index contributed by atoms with van der Waals surface area (Å²) in [6.07, 6.45) is 2.48. The van der Waals surface area contributed by atoms with E-state index in [2.05, 4.69) is 17.1 Å². The molecule has 0 aromatic rings. The van der Waals surface area contributed by atoms with Crippen LogP contribution in [-0.2, 0) is 9.53 Å². The average Bonchev–Trinajstić information content (AvgIpc) is 2.47. The Morgan fingerprint density at radius 2 is 2.11 bits per heavy atom. The van der Waals surface area contributed by atoms with Crippen molar-refractivity contribution in [2.45, 2.75) is 25.8 Å². The second-order valence-corrected chi connectivity index (χ2v) is 5.67. The molecule has 2 atom stereocenters. The van der Waals surface area contributed by atoms with Crippen molar-refractivity contribution in [1.29, 1.82) is 0 Å². The number of piperidine rings is 1. The molecule has 0 bridgehead atoms. The molecule has 0 radical (unpaired) electrons. The zero-order valence-electron chi connectivity index (χ0n) is 12.2. The summed E-state index contributed by atoms with van der Waals surface area (Å²) in [5.74, 6) is 0.951. The molecule has 110 valence electrons. The van der Waals surface area contributed by atoms with Crippen LogP contribution in [0.1, 0.15) is 19.8 Å². The van der Waals surface area contributed by atoms with Crippen molar-refractivity contribution in [2.24, 2.45) is 5.92 Å². The predicted octanol–water partition coefficient (Wildman–Crippen LogP) is 0.165. The molecule has 5 nitrogen and oxygen atoms in total. The number of rotatable bonds is 4. The molecule has 0 aromatic carbocycles. The number of nitrogens with one attached hydrogen (secondary N) is 1. The van der Waals surface area contributed by atoms with Gasteiger partial charge in [0, 0.05) is 19.6 Å².